The highest BCUT2D eigenvalue weighted by Gasteiger charge is 2.44. The van der Waals surface area contributed by atoms with E-state index in [4.69, 9.17) is 4.43 Å². The molecule has 1 fully saturated rings. The van der Waals surface area contributed by atoms with E-state index in [9.17, 15) is 15.0 Å². The summed E-state index contributed by atoms with van der Waals surface area (Å²) in [7, 11) is -1.98. The highest BCUT2D eigenvalue weighted by atomic mass is 28.4. The molecule has 0 aliphatic heterocycles. The molecule has 0 heterocycles. The molecule has 2 N–H and O–H groups in total. The molecule has 0 aromatic rings. The second kappa shape index (κ2) is 5.54. The summed E-state index contributed by atoms with van der Waals surface area (Å²) in [6.45, 7) is 12.6. The van der Waals surface area contributed by atoms with Crippen LogP contribution in [-0.4, -0.2) is 36.7 Å². The van der Waals surface area contributed by atoms with E-state index in [-0.39, 0.29) is 17.1 Å². The van der Waals surface area contributed by atoms with Crippen molar-refractivity contribution in [1.82, 2.24) is 0 Å². The summed E-state index contributed by atoms with van der Waals surface area (Å²) in [5, 5.41) is 19.5. The Bertz CT molecular complexity index is 335. The first-order valence-electron chi connectivity index (χ1n) is 7.04. The summed E-state index contributed by atoms with van der Waals surface area (Å²) >= 11 is 0. The van der Waals surface area contributed by atoms with E-state index in [1.165, 1.54) is 0 Å². The predicted molar refractivity (Wildman–Crippen MR) is 77.6 cm³/mol. The van der Waals surface area contributed by atoms with Crippen LogP contribution in [0.3, 0.4) is 0 Å². The van der Waals surface area contributed by atoms with Gasteiger partial charge in [-0.05, 0) is 36.9 Å². The zero-order chi connectivity index (χ0) is 15.0. The maximum atomic E-state index is 11.2. The minimum Gasteiger partial charge on any atom is -0.481 e. The lowest BCUT2D eigenvalue weighted by molar-refractivity contribution is -0.148. The topological polar surface area (TPSA) is 66.8 Å². The van der Waals surface area contributed by atoms with Gasteiger partial charge in [-0.2, -0.15) is 0 Å². The molecule has 1 saturated carbocycles. The standard InChI is InChI=1S/C14H28O4Si/c1-9-7-10(13(16)17)8-11(12(9)15)18-19(5,6)14(2,3)4/h9-12,15H,7-8H2,1-6H3,(H,16,17)/t9-,10?,11?,12?/m1/s1. The Morgan fingerprint density at radius 2 is 1.79 bits per heavy atom. The summed E-state index contributed by atoms with van der Waals surface area (Å²) in [6, 6.07) is 0. The highest BCUT2D eigenvalue weighted by Crippen LogP contribution is 2.40. The van der Waals surface area contributed by atoms with Gasteiger partial charge in [0.25, 0.3) is 0 Å². The zero-order valence-electron chi connectivity index (χ0n) is 12.9. The number of aliphatic hydroxyl groups excluding tert-OH is 1. The molecule has 0 amide bonds. The quantitative estimate of drug-likeness (QED) is 0.784. The Kier molecular flexibility index (Phi) is 4.86. The molecule has 112 valence electrons. The number of aliphatic carboxylic acids is 1. The smallest absolute Gasteiger partial charge is 0.306 e. The molecule has 0 spiro atoms. The third kappa shape index (κ3) is 3.80. The molecule has 1 aliphatic carbocycles. The Morgan fingerprint density at radius 3 is 2.21 bits per heavy atom. The Hall–Kier alpha value is -0.393. The van der Waals surface area contributed by atoms with Crippen LogP contribution in [0.4, 0.5) is 0 Å². The van der Waals surface area contributed by atoms with Crippen LogP contribution in [-0.2, 0) is 9.22 Å². The molecule has 3 unspecified atom stereocenters. The molecular weight excluding hydrogens is 260 g/mol. The highest BCUT2D eigenvalue weighted by molar-refractivity contribution is 6.74. The van der Waals surface area contributed by atoms with Gasteiger partial charge in [-0.1, -0.05) is 27.7 Å². The average molecular weight is 288 g/mol. The molecule has 0 aromatic carbocycles. The Labute approximate surface area is 117 Å². The molecule has 4 atom stereocenters. The van der Waals surface area contributed by atoms with Gasteiger partial charge in [-0.3, -0.25) is 4.79 Å². The second-order valence-corrected chi connectivity index (χ2v) is 12.1. The van der Waals surface area contributed by atoms with Crippen LogP contribution in [0, 0.1) is 11.8 Å². The average Bonchev–Trinajstić information content (AvgIpc) is 2.22. The van der Waals surface area contributed by atoms with Gasteiger partial charge in [0.05, 0.1) is 18.1 Å². The zero-order valence-corrected chi connectivity index (χ0v) is 13.9. The van der Waals surface area contributed by atoms with E-state index in [0.29, 0.717) is 12.8 Å². The van der Waals surface area contributed by atoms with E-state index < -0.39 is 26.3 Å². The van der Waals surface area contributed by atoms with Gasteiger partial charge in [-0.15, -0.1) is 0 Å². The molecule has 1 rings (SSSR count). The van der Waals surface area contributed by atoms with Crippen LogP contribution in [0.1, 0.15) is 40.5 Å². The van der Waals surface area contributed by atoms with Crippen molar-refractivity contribution < 1.29 is 19.4 Å². The van der Waals surface area contributed by atoms with E-state index in [0.717, 1.165) is 0 Å². The monoisotopic (exact) mass is 288 g/mol. The van der Waals surface area contributed by atoms with Gasteiger partial charge >= 0.3 is 5.97 Å². The van der Waals surface area contributed by atoms with Crippen LogP contribution in [0.25, 0.3) is 0 Å². The van der Waals surface area contributed by atoms with Crippen molar-refractivity contribution in [3.05, 3.63) is 0 Å². The maximum Gasteiger partial charge on any atom is 0.306 e. The fraction of sp³-hybridized carbons (Fsp3) is 0.929. The Balaban J connectivity index is 2.83. The van der Waals surface area contributed by atoms with Gasteiger partial charge in [0.15, 0.2) is 8.32 Å². The fourth-order valence-electron chi connectivity index (χ4n) is 2.35. The van der Waals surface area contributed by atoms with Crippen molar-refractivity contribution in [3.8, 4) is 0 Å². The summed E-state index contributed by atoms with van der Waals surface area (Å²) in [5.74, 6) is -1.19. The number of carboxylic acids is 1. The lowest BCUT2D eigenvalue weighted by Gasteiger charge is -2.44. The number of carboxylic acid groups (broad SMARTS) is 1. The predicted octanol–water partition coefficient (Wildman–Crippen LogP) is 2.87. The van der Waals surface area contributed by atoms with E-state index >= 15 is 0 Å². The van der Waals surface area contributed by atoms with Gasteiger partial charge < -0.3 is 14.6 Å². The molecule has 19 heavy (non-hydrogen) atoms. The molecule has 5 heteroatoms. The normalized spacial score (nSPS) is 33.2. The van der Waals surface area contributed by atoms with Gasteiger partial charge in [0, 0.05) is 0 Å². The molecular formula is C14H28O4Si. The van der Waals surface area contributed by atoms with Crippen molar-refractivity contribution in [2.45, 2.75) is 70.9 Å². The Morgan fingerprint density at radius 1 is 1.26 bits per heavy atom. The van der Waals surface area contributed by atoms with E-state index in [1.807, 2.05) is 6.92 Å². The first-order valence-corrected chi connectivity index (χ1v) is 9.95. The summed E-state index contributed by atoms with van der Waals surface area (Å²) in [4.78, 5) is 11.2. The molecule has 0 bridgehead atoms. The van der Waals surface area contributed by atoms with Crippen molar-refractivity contribution in [2.24, 2.45) is 11.8 Å². The van der Waals surface area contributed by atoms with Crippen molar-refractivity contribution >= 4 is 14.3 Å². The molecule has 0 radical (unpaired) electrons. The number of carbonyl (C=O) groups is 1. The largest absolute Gasteiger partial charge is 0.481 e. The van der Waals surface area contributed by atoms with Gasteiger partial charge in [0.1, 0.15) is 0 Å². The third-order valence-electron chi connectivity index (χ3n) is 4.74. The number of rotatable bonds is 3. The van der Waals surface area contributed by atoms with E-state index in [2.05, 4.69) is 33.9 Å². The summed E-state index contributed by atoms with van der Waals surface area (Å²) in [5.41, 5.74) is 0. The lowest BCUT2D eigenvalue weighted by atomic mass is 9.79. The molecule has 0 saturated heterocycles. The van der Waals surface area contributed by atoms with Crippen molar-refractivity contribution in [3.63, 3.8) is 0 Å². The van der Waals surface area contributed by atoms with Gasteiger partial charge in [0.2, 0.25) is 0 Å². The first kappa shape index (κ1) is 16.7. The number of aliphatic hydroxyl groups is 1. The minimum atomic E-state index is -1.98. The van der Waals surface area contributed by atoms with Gasteiger partial charge in [-0.25, -0.2) is 0 Å². The van der Waals surface area contributed by atoms with Crippen molar-refractivity contribution in [1.29, 1.82) is 0 Å². The van der Waals surface area contributed by atoms with Crippen LogP contribution >= 0.6 is 0 Å². The van der Waals surface area contributed by atoms with Crippen molar-refractivity contribution in [2.75, 3.05) is 0 Å². The van der Waals surface area contributed by atoms with Crippen LogP contribution < -0.4 is 0 Å². The van der Waals surface area contributed by atoms with Crippen LogP contribution in [0.2, 0.25) is 18.1 Å². The van der Waals surface area contributed by atoms with Crippen LogP contribution in [0.15, 0.2) is 0 Å². The third-order valence-corrected chi connectivity index (χ3v) is 9.24. The maximum absolute atomic E-state index is 11.2. The number of hydrogen-bond donors (Lipinski definition) is 2. The second-order valence-electron chi connectivity index (χ2n) is 7.39. The molecule has 4 nitrogen and oxygen atoms in total. The summed E-state index contributed by atoms with van der Waals surface area (Å²) in [6.07, 6.45) is 0.0664. The SMILES string of the molecule is C[C@@H]1CC(C(=O)O)CC(O[Si](C)(C)C(C)(C)C)C1O. The number of hydrogen-bond acceptors (Lipinski definition) is 3. The molecule has 0 aromatic heterocycles. The minimum absolute atomic E-state index is 0.0235. The molecule has 1 aliphatic rings. The summed E-state index contributed by atoms with van der Waals surface area (Å²) < 4.78 is 6.23. The lowest BCUT2D eigenvalue weighted by Crippen LogP contribution is -2.51. The first-order chi connectivity index (χ1) is 8.45. The van der Waals surface area contributed by atoms with Crippen LogP contribution in [0.5, 0.6) is 0 Å². The van der Waals surface area contributed by atoms with E-state index in [1.54, 1.807) is 0 Å². The fourth-order valence-corrected chi connectivity index (χ4v) is 3.69.